The number of nitrogens with zero attached hydrogens (tertiary/aromatic N) is 1. The number of amides is 2. The molecule has 0 spiro atoms. The molecule has 1 aliphatic rings. The molecule has 7 nitrogen and oxygen atoms in total. The van der Waals surface area contributed by atoms with Crippen LogP contribution in [0.25, 0.3) is 0 Å². The standard InChI is InChI=1S/C26H31N5O2/c32-25(29-16-19-9-3-1-4-10-19)22(31-26(33)24-17-27-18-30-24)13-7-8-14-28-23-15-21(23)20-11-5-2-6-12-20/h1-6,9-12,17-18,21-23,28H,7-8,13-16H2,(H,27,30)(H,29,32)(H,31,33). The normalized spacial score (nSPS) is 17.8. The van der Waals surface area contributed by atoms with Gasteiger partial charge in [0, 0.05) is 18.5 Å². The number of hydrogen-bond donors (Lipinski definition) is 4. The molecule has 3 atom stereocenters. The minimum absolute atomic E-state index is 0.175. The zero-order valence-corrected chi connectivity index (χ0v) is 18.7. The molecule has 2 amide bonds. The van der Waals surface area contributed by atoms with Gasteiger partial charge in [-0.25, -0.2) is 4.98 Å². The van der Waals surface area contributed by atoms with E-state index in [2.05, 4.69) is 50.2 Å². The molecule has 4 N–H and O–H groups in total. The van der Waals surface area contributed by atoms with E-state index in [9.17, 15) is 9.59 Å². The SMILES string of the molecule is O=C(NC(CCCCNC1CC1c1ccccc1)C(=O)NCc1ccccc1)c1cnc[nH]1. The first-order valence-electron chi connectivity index (χ1n) is 11.6. The molecule has 0 aliphatic heterocycles. The maximum atomic E-state index is 12.8. The number of unbranched alkanes of at least 4 members (excludes halogenated alkanes) is 1. The third-order valence-corrected chi connectivity index (χ3v) is 6.02. The van der Waals surface area contributed by atoms with Crippen LogP contribution in [0.15, 0.2) is 73.2 Å². The predicted molar refractivity (Wildman–Crippen MR) is 128 cm³/mol. The lowest BCUT2D eigenvalue weighted by molar-refractivity contribution is -0.123. The molecule has 7 heteroatoms. The van der Waals surface area contributed by atoms with Gasteiger partial charge < -0.3 is 20.9 Å². The van der Waals surface area contributed by atoms with Crippen molar-refractivity contribution in [1.82, 2.24) is 25.9 Å². The minimum atomic E-state index is -0.595. The molecule has 1 aromatic heterocycles. The van der Waals surface area contributed by atoms with Crippen LogP contribution in [0.2, 0.25) is 0 Å². The molecule has 33 heavy (non-hydrogen) atoms. The van der Waals surface area contributed by atoms with Crippen molar-refractivity contribution >= 4 is 11.8 Å². The second-order valence-corrected chi connectivity index (χ2v) is 8.50. The quantitative estimate of drug-likeness (QED) is 0.322. The number of hydrogen-bond acceptors (Lipinski definition) is 4. The van der Waals surface area contributed by atoms with Crippen molar-refractivity contribution in [2.75, 3.05) is 6.54 Å². The molecule has 172 valence electrons. The fraction of sp³-hybridized carbons (Fsp3) is 0.346. The Morgan fingerprint density at radius 3 is 2.52 bits per heavy atom. The van der Waals surface area contributed by atoms with Crippen molar-refractivity contribution in [3.8, 4) is 0 Å². The summed E-state index contributed by atoms with van der Waals surface area (Å²) in [6, 6.07) is 20.3. The van der Waals surface area contributed by atoms with Crippen LogP contribution in [0.1, 0.15) is 53.2 Å². The minimum Gasteiger partial charge on any atom is -0.350 e. The van der Waals surface area contributed by atoms with Crippen LogP contribution < -0.4 is 16.0 Å². The molecule has 1 fully saturated rings. The zero-order chi connectivity index (χ0) is 22.9. The number of benzene rings is 2. The summed E-state index contributed by atoms with van der Waals surface area (Å²) in [6.45, 7) is 1.33. The van der Waals surface area contributed by atoms with Gasteiger partial charge in [0.05, 0.1) is 12.5 Å². The lowest BCUT2D eigenvalue weighted by Gasteiger charge is -2.18. The van der Waals surface area contributed by atoms with E-state index in [-0.39, 0.29) is 11.8 Å². The van der Waals surface area contributed by atoms with Gasteiger partial charge in [-0.15, -0.1) is 0 Å². The Morgan fingerprint density at radius 1 is 1.03 bits per heavy atom. The van der Waals surface area contributed by atoms with Gasteiger partial charge in [0.2, 0.25) is 5.91 Å². The summed E-state index contributed by atoms with van der Waals surface area (Å²) in [5, 5.41) is 9.42. The van der Waals surface area contributed by atoms with E-state index in [4.69, 9.17) is 0 Å². The predicted octanol–water partition coefficient (Wildman–Crippen LogP) is 3.14. The number of rotatable bonds is 12. The summed E-state index contributed by atoms with van der Waals surface area (Å²) in [6.07, 6.45) is 6.44. The fourth-order valence-corrected chi connectivity index (χ4v) is 4.04. The van der Waals surface area contributed by atoms with Crippen molar-refractivity contribution < 1.29 is 9.59 Å². The van der Waals surface area contributed by atoms with E-state index >= 15 is 0 Å². The highest BCUT2D eigenvalue weighted by Gasteiger charge is 2.37. The number of H-pyrrole nitrogens is 1. The Morgan fingerprint density at radius 2 is 1.79 bits per heavy atom. The Balaban J connectivity index is 1.22. The van der Waals surface area contributed by atoms with Crippen LogP contribution in [0.3, 0.4) is 0 Å². The maximum absolute atomic E-state index is 12.8. The van der Waals surface area contributed by atoms with Crippen molar-refractivity contribution in [3.63, 3.8) is 0 Å². The van der Waals surface area contributed by atoms with Gasteiger partial charge in [-0.3, -0.25) is 9.59 Å². The summed E-state index contributed by atoms with van der Waals surface area (Å²) < 4.78 is 0. The van der Waals surface area contributed by atoms with Gasteiger partial charge in [0.1, 0.15) is 11.7 Å². The molecular formula is C26H31N5O2. The fourth-order valence-electron chi connectivity index (χ4n) is 4.04. The number of imidazole rings is 1. The summed E-state index contributed by atoms with van der Waals surface area (Å²) >= 11 is 0. The van der Waals surface area contributed by atoms with Gasteiger partial charge in [-0.1, -0.05) is 60.7 Å². The van der Waals surface area contributed by atoms with Crippen molar-refractivity contribution in [3.05, 3.63) is 90.0 Å². The van der Waals surface area contributed by atoms with Gasteiger partial charge in [0.25, 0.3) is 5.91 Å². The van der Waals surface area contributed by atoms with Gasteiger partial charge in [-0.05, 0) is 43.4 Å². The van der Waals surface area contributed by atoms with Crippen LogP contribution >= 0.6 is 0 Å². The first-order chi connectivity index (χ1) is 16.2. The largest absolute Gasteiger partial charge is 0.350 e. The average Bonchev–Trinajstić information content (AvgIpc) is 3.41. The molecule has 1 aliphatic carbocycles. The third kappa shape index (κ3) is 6.76. The molecule has 1 saturated carbocycles. The van der Waals surface area contributed by atoms with Crippen LogP contribution in [0, 0.1) is 0 Å². The highest BCUT2D eigenvalue weighted by Crippen LogP contribution is 2.40. The highest BCUT2D eigenvalue weighted by atomic mass is 16.2. The summed E-state index contributed by atoms with van der Waals surface area (Å²) in [5.41, 5.74) is 2.76. The number of carbonyl (C=O) groups excluding carboxylic acids is 2. The Hall–Kier alpha value is -3.45. The summed E-state index contributed by atoms with van der Waals surface area (Å²) in [7, 11) is 0. The van der Waals surface area contributed by atoms with Crippen LogP contribution in [-0.4, -0.2) is 40.4 Å². The van der Waals surface area contributed by atoms with E-state index in [0.717, 1.165) is 24.9 Å². The lowest BCUT2D eigenvalue weighted by atomic mass is 10.1. The topological polar surface area (TPSA) is 98.9 Å². The summed E-state index contributed by atoms with van der Waals surface area (Å²) in [4.78, 5) is 32.0. The highest BCUT2D eigenvalue weighted by molar-refractivity contribution is 5.95. The maximum Gasteiger partial charge on any atom is 0.269 e. The van der Waals surface area contributed by atoms with E-state index in [1.54, 1.807) is 0 Å². The van der Waals surface area contributed by atoms with E-state index in [1.807, 2.05) is 36.4 Å². The first kappa shape index (κ1) is 22.7. The second-order valence-electron chi connectivity index (χ2n) is 8.50. The molecule has 0 radical (unpaired) electrons. The molecular weight excluding hydrogens is 414 g/mol. The van der Waals surface area contributed by atoms with E-state index in [1.165, 1.54) is 24.5 Å². The monoisotopic (exact) mass is 445 g/mol. The first-order valence-corrected chi connectivity index (χ1v) is 11.6. The van der Waals surface area contributed by atoms with Gasteiger partial charge in [-0.2, -0.15) is 0 Å². The molecule has 4 rings (SSSR count). The van der Waals surface area contributed by atoms with Crippen LogP contribution in [0.5, 0.6) is 0 Å². The van der Waals surface area contributed by atoms with E-state index in [0.29, 0.717) is 30.6 Å². The molecule has 2 aromatic carbocycles. The second kappa shape index (κ2) is 11.4. The molecule has 0 bridgehead atoms. The van der Waals surface area contributed by atoms with Gasteiger partial charge >= 0.3 is 0 Å². The number of nitrogens with one attached hydrogen (secondary N) is 4. The Labute approximate surface area is 194 Å². The van der Waals surface area contributed by atoms with Crippen molar-refractivity contribution in [2.45, 2.75) is 50.2 Å². The molecule has 3 aromatic rings. The smallest absolute Gasteiger partial charge is 0.269 e. The van der Waals surface area contributed by atoms with Crippen LogP contribution in [0.4, 0.5) is 0 Å². The lowest BCUT2D eigenvalue weighted by Crippen LogP contribution is -2.46. The van der Waals surface area contributed by atoms with Crippen molar-refractivity contribution in [2.24, 2.45) is 0 Å². The number of aromatic amines is 1. The van der Waals surface area contributed by atoms with Gasteiger partial charge in [0.15, 0.2) is 0 Å². The molecule has 0 saturated heterocycles. The Kier molecular flexibility index (Phi) is 7.87. The van der Waals surface area contributed by atoms with Crippen molar-refractivity contribution in [1.29, 1.82) is 0 Å². The molecule has 1 heterocycles. The third-order valence-electron chi connectivity index (χ3n) is 6.02. The van der Waals surface area contributed by atoms with Crippen LogP contribution in [-0.2, 0) is 11.3 Å². The zero-order valence-electron chi connectivity index (χ0n) is 18.7. The number of aromatic nitrogens is 2. The average molecular weight is 446 g/mol. The van der Waals surface area contributed by atoms with E-state index < -0.39 is 6.04 Å². The molecule has 3 unspecified atom stereocenters. The summed E-state index contributed by atoms with van der Waals surface area (Å²) in [5.74, 6) is 0.108. The number of carbonyl (C=O) groups is 2. The Bertz CT molecular complexity index is 1010.